The molecule has 0 radical (unpaired) electrons. The third-order valence-corrected chi connectivity index (χ3v) is 5.56. The molecule has 4 rings (SSSR count). The van der Waals surface area contributed by atoms with Crippen LogP contribution in [0.1, 0.15) is 15.9 Å². The molecule has 1 heterocycles. The van der Waals surface area contributed by atoms with E-state index >= 15 is 0 Å². The highest BCUT2D eigenvalue weighted by Crippen LogP contribution is 2.28. The van der Waals surface area contributed by atoms with E-state index in [2.05, 4.69) is 16.4 Å². The molecule has 0 atom stereocenters. The standard InChI is InChI=1S/C29H28N2O5/c1-33-25-14-26(34-2)16-27(15-25)36-19-21(12-20-8-10-22(11-9-20)29(32)35-3)17-30-24-13-23-6-4-5-7-28(23)31-18-24/h4-16,18,30H,17,19H2,1-3H3. The molecule has 7 heteroatoms. The predicted octanol–water partition coefficient (Wildman–Crippen LogP) is 5.61. The molecule has 0 amide bonds. The summed E-state index contributed by atoms with van der Waals surface area (Å²) in [4.78, 5) is 16.3. The zero-order valence-electron chi connectivity index (χ0n) is 20.5. The Morgan fingerprint density at radius 3 is 2.28 bits per heavy atom. The molecule has 184 valence electrons. The fourth-order valence-corrected chi connectivity index (χ4v) is 3.64. The van der Waals surface area contributed by atoms with Crippen LogP contribution >= 0.6 is 0 Å². The first-order chi connectivity index (χ1) is 17.6. The number of pyridine rings is 1. The van der Waals surface area contributed by atoms with E-state index < -0.39 is 0 Å². The quantitative estimate of drug-likeness (QED) is 0.293. The molecule has 1 aromatic heterocycles. The van der Waals surface area contributed by atoms with Gasteiger partial charge in [-0.05, 0) is 35.4 Å². The molecule has 0 bridgehead atoms. The first-order valence-electron chi connectivity index (χ1n) is 11.4. The van der Waals surface area contributed by atoms with Crippen molar-refractivity contribution in [2.75, 3.05) is 39.8 Å². The lowest BCUT2D eigenvalue weighted by molar-refractivity contribution is 0.0600. The lowest BCUT2D eigenvalue weighted by Crippen LogP contribution is -2.12. The number of hydrogen-bond donors (Lipinski definition) is 1. The molecule has 0 aliphatic heterocycles. The number of ether oxygens (including phenoxy) is 4. The number of aromatic nitrogens is 1. The third kappa shape index (κ3) is 6.33. The topological polar surface area (TPSA) is 78.9 Å². The third-order valence-electron chi connectivity index (χ3n) is 5.56. The maximum absolute atomic E-state index is 11.8. The van der Waals surface area contributed by atoms with Crippen molar-refractivity contribution < 1.29 is 23.7 Å². The Labute approximate surface area is 210 Å². The Balaban J connectivity index is 1.55. The summed E-state index contributed by atoms with van der Waals surface area (Å²) >= 11 is 0. The highest BCUT2D eigenvalue weighted by atomic mass is 16.5. The van der Waals surface area contributed by atoms with Gasteiger partial charge in [0.2, 0.25) is 0 Å². The second-order valence-electron chi connectivity index (χ2n) is 8.02. The van der Waals surface area contributed by atoms with Gasteiger partial charge in [0.15, 0.2) is 0 Å². The molecule has 0 saturated carbocycles. The van der Waals surface area contributed by atoms with Gasteiger partial charge >= 0.3 is 5.97 Å². The minimum Gasteiger partial charge on any atom is -0.496 e. The molecule has 36 heavy (non-hydrogen) atoms. The highest BCUT2D eigenvalue weighted by Gasteiger charge is 2.08. The minimum absolute atomic E-state index is 0.323. The predicted molar refractivity (Wildman–Crippen MR) is 141 cm³/mol. The number of esters is 1. The van der Waals surface area contributed by atoms with E-state index in [1.807, 2.05) is 60.8 Å². The number of fused-ring (bicyclic) bond motifs is 1. The molecule has 0 unspecified atom stereocenters. The van der Waals surface area contributed by atoms with E-state index in [0.29, 0.717) is 36.0 Å². The van der Waals surface area contributed by atoms with Gasteiger partial charge in [-0.2, -0.15) is 0 Å². The van der Waals surface area contributed by atoms with Crippen LogP contribution in [0.3, 0.4) is 0 Å². The summed E-state index contributed by atoms with van der Waals surface area (Å²) in [6.45, 7) is 0.850. The number of para-hydroxylation sites is 1. The Morgan fingerprint density at radius 2 is 1.58 bits per heavy atom. The van der Waals surface area contributed by atoms with Crippen LogP contribution in [0.15, 0.2) is 84.6 Å². The number of nitrogens with zero attached hydrogens (tertiary/aromatic N) is 1. The summed E-state index contributed by atoms with van der Waals surface area (Å²) < 4.78 is 21.6. The largest absolute Gasteiger partial charge is 0.496 e. The monoisotopic (exact) mass is 484 g/mol. The Kier molecular flexibility index (Phi) is 8.03. The van der Waals surface area contributed by atoms with Crippen LogP contribution in [0.5, 0.6) is 17.2 Å². The van der Waals surface area contributed by atoms with Crippen molar-refractivity contribution in [3.63, 3.8) is 0 Å². The highest BCUT2D eigenvalue weighted by molar-refractivity contribution is 5.89. The number of rotatable bonds is 10. The van der Waals surface area contributed by atoms with Crippen LogP contribution < -0.4 is 19.5 Å². The van der Waals surface area contributed by atoms with Gasteiger partial charge in [0.25, 0.3) is 0 Å². The van der Waals surface area contributed by atoms with Crippen molar-refractivity contribution in [3.8, 4) is 17.2 Å². The first kappa shape index (κ1) is 24.6. The first-order valence-corrected chi connectivity index (χ1v) is 11.4. The van der Waals surface area contributed by atoms with Gasteiger partial charge < -0.3 is 24.3 Å². The molecule has 0 spiro atoms. The second-order valence-corrected chi connectivity index (χ2v) is 8.02. The molecule has 0 aliphatic carbocycles. The SMILES string of the molecule is COC(=O)c1ccc(C=C(CNc2cnc3ccccc3c2)COc2cc(OC)cc(OC)c2)cc1. The van der Waals surface area contributed by atoms with E-state index in [1.54, 1.807) is 32.4 Å². The zero-order chi connectivity index (χ0) is 25.3. The molecule has 1 N–H and O–H groups in total. The van der Waals surface area contributed by atoms with Crippen LogP contribution in [-0.2, 0) is 4.74 Å². The second kappa shape index (κ2) is 11.8. The number of carbonyl (C=O) groups is 1. The van der Waals surface area contributed by atoms with Crippen LogP contribution in [0, 0.1) is 0 Å². The van der Waals surface area contributed by atoms with Crippen molar-refractivity contribution in [1.82, 2.24) is 4.98 Å². The van der Waals surface area contributed by atoms with E-state index in [9.17, 15) is 4.79 Å². The van der Waals surface area contributed by atoms with Crippen LogP contribution in [0.4, 0.5) is 5.69 Å². The normalized spacial score (nSPS) is 11.1. The maximum atomic E-state index is 11.8. The average molecular weight is 485 g/mol. The van der Waals surface area contributed by atoms with E-state index in [0.717, 1.165) is 27.7 Å². The zero-order valence-corrected chi connectivity index (χ0v) is 20.5. The lowest BCUT2D eigenvalue weighted by atomic mass is 10.1. The molecule has 7 nitrogen and oxygen atoms in total. The molecule has 0 aliphatic rings. The van der Waals surface area contributed by atoms with Gasteiger partial charge in [0.05, 0.1) is 44.3 Å². The Bertz CT molecular complexity index is 1340. The van der Waals surface area contributed by atoms with E-state index in [-0.39, 0.29) is 5.97 Å². The fourth-order valence-electron chi connectivity index (χ4n) is 3.64. The Hall–Kier alpha value is -4.52. The summed E-state index contributed by atoms with van der Waals surface area (Å²) in [6.07, 6.45) is 3.85. The number of carbonyl (C=O) groups excluding carboxylic acids is 1. The summed E-state index contributed by atoms with van der Waals surface area (Å²) in [5, 5.41) is 4.50. The lowest BCUT2D eigenvalue weighted by Gasteiger charge is -2.14. The number of nitrogens with one attached hydrogen (secondary N) is 1. The van der Waals surface area contributed by atoms with Gasteiger partial charge in [0.1, 0.15) is 23.9 Å². The van der Waals surface area contributed by atoms with Gasteiger partial charge in [-0.3, -0.25) is 4.98 Å². The van der Waals surface area contributed by atoms with Crippen LogP contribution in [0.25, 0.3) is 17.0 Å². The van der Waals surface area contributed by atoms with Crippen molar-refractivity contribution in [3.05, 3.63) is 95.7 Å². The molecule has 0 fully saturated rings. The molecular formula is C29H28N2O5. The van der Waals surface area contributed by atoms with Gasteiger partial charge in [-0.1, -0.05) is 36.4 Å². The summed E-state index contributed by atoms with van der Waals surface area (Å²) in [5.41, 5.74) is 4.26. The molecule has 3 aromatic carbocycles. The smallest absolute Gasteiger partial charge is 0.337 e. The fraction of sp³-hybridized carbons (Fsp3) is 0.172. The molecular weight excluding hydrogens is 456 g/mol. The van der Waals surface area contributed by atoms with E-state index in [4.69, 9.17) is 18.9 Å². The summed E-state index contributed by atoms with van der Waals surface area (Å²) in [7, 11) is 4.57. The summed E-state index contributed by atoms with van der Waals surface area (Å²) in [6, 6.07) is 22.7. The van der Waals surface area contributed by atoms with Crippen molar-refractivity contribution in [2.24, 2.45) is 0 Å². The minimum atomic E-state index is -0.369. The number of hydrogen-bond acceptors (Lipinski definition) is 7. The maximum Gasteiger partial charge on any atom is 0.337 e. The van der Waals surface area contributed by atoms with E-state index in [1.165, 1.54) is 7.11 Å². The number of methoxy groups -OCH3 is 3. The number of anilines is 1. The van der Waals surface area contributed by atoms with Gasteiger partial charge in [-0.15, -0.1) is 0 Å². The summed E-state index contributed by atoms with van der Waals surface area (Å²) in [5.74, 6) is 1.55. The van der Waals surface area contributed by atoms with Gasteiger partial charge in [0, 0.05) is 30.1 Å². The van der Waals surface area contributed by atoms with Crippen LogP contribution in [0.2, 0.25) is 0 Å². The van der Waals surface area contributed by atoms with Crippen molar-refractivity contribution in [2.45, 2.75) is 0 Å². The van der Waals surface area contributed by atoms with Crippen molar-refractivity contribution >= 4 is 28.6 Å². The molecule has 0 saturated heterocycles. The van der Waals surface area contributed by atoms with Crippen molar-refractivity contribution in [1.29, 1.82) is 0 Å². The number of benzene rings is 3. The average Bonchev–Trinajstić information content (AvgIpc) is 2.94. The Morgan fingerprint density at radius 1 is 0.889 bits per heavy atom. The van der Waals surface area contributed by atoms with Gasteiger partial charge in [-0.25, -0.2) is 4.79 Å². The van der Waals surface area contributed by atoms with Crippen LogP contribution in [-0.4, -0.2) is 45.4 Å². The molecule has 4 aromatic rings.